The first-order valence-electron chi connectivity index (χ1n) is 17.2. The third-order valence-corrected chi connectivity index (χ3v) is 11.0. The Morgan fingerprint density at radius 2 is 0.760 bits per heavy atom. The second-order valence-corrected chi connectivity index (χ2v) is 13.6. The molecule has 2 aliphatic heterocycles. The fourth-order valence-electron chi connectivity index (χ4n) is 8.83. The molecule has 0 aliphatic carbocycles. The van der Waals surface area contributed by atoms with Gasteiger partial charge in [-0.15, -0.1) is 0 Å². The summed E-state index contributed by atoms with van der Waals surface area (Å²) in [5, 5.41) is 12.4. The number of hydrogen-bond acceptors (Lipinski definition) is 2. The Labute approximate surface area is 287 Å². The zero-order valence-electron chi connectivity index (χ0n) is 26.8. The summed E-state index contributed by atoms with van der Waals surface area (Å²) >= 11 is 0. The molecule has 0 fully saturated rings. The molecule has 0 atom stereocenters. The van der Waals surface area contributed by atoms with E-state index in [1.54, 1.807) is 0 Å². The van der Waals surface area contributed by atoms with E-state index in [1.807, 2.05) is 6.07 Å². The Morgan fingerprint density at radius 3 is 1.60 bits per heavy atom. The highest BCUT2D eigenvalue weighted by Gasteiger charge is 2.24. The highest BCUT2D eigenvalue weighted by molar-refractivity contribution is 6.28. The van der Waals surface area contributed by atoms with Gasteiger partial charge in [0.1, 0.15) is 23.0 Å². The van der Waals surface area contributed by atoms with E-state index in [-0.39, 0.29) is 0 Å². The average Bonchev–Trinajstić information content (AvgIpc) is 3.17. The first-order chi connectivity index (χ1) is 24.8. The predicted octanol–water partition coefficient (Wildman–Crippen LogP) is 13.8. The molecule has 0 radical (unpaired) electrons. The molecule has 2 nitrogen and oxygen atoms in total. The van der Waals surface area contributed by atoms with Crippen LogP contribution in [0.5, 0.6) is 23.0 Å². The molecule has 2 aliphatic rings. The van der Waals surface area contributed by atoms with Gasteiger partial charge >= 0.3 is 0 Å². The fourth-order valence-corrected chi connectivity index (χ4v) is 8.83. The lowest BCUT2D eigenvalue weighted by Gasteiger charge is -2.23. The number of ether oxygens (including phenoxy) is 2. The first-order valence-corrected chi connectivity index (χ1v) is 17.2. The number of benzene rings is 10. The Kier molecular flexibility index (Phi) is 5.00. The number of hydrogen-bond donors (Lipinski definition) is 0. The minimum absolute atomic E-state index is 0.899. The molecule has 2 heteroatoms. The molecule has 0 saturated carbocycles. The SMILES string of the molecule is c1ccc2c(c1)Oc1cccc3c(-c4ccc5ccc6c(-c7ccc8c(c7)Oc7cccc9cccc-8c79)ccc7ccc4c5c76)ccc-2c13. The van der Waals surface area contributed by atoms with Crippen molar-refractivity contribution in [3.8, 4) is 67.5 Å². The fraction of sp³-hybridized carbons (Fsp3) is 0. The zero-order valence-corrected chi connectivity index (χ0v) is 26.8. The molecular formula is C48H26O2. The second kappa shape index (κ2) is 9.49. The van der Waals surface area contributed by atoms with Crippen LogP contribution < -0.4 is 9.47 Å². The Morgan fingerprint density at radius 1 is 0.260 bits per heavy atom. The van der Waals surface area contributed by atoms with E-state index in [0.29, 0.717) is 0 Å². The van der Waals surface area contributed by atoms with Crippen LogP contribution in [0.3, 0.4) is 0 Å². The largest absolute Gasteiger partial charge is 0.456 e. The van der Waals surface area contributed by atoms with Gasteiger partial charge in [0.25, 0.3) is 0 Å². The summed E-state index contributed by atoms with van der Waals surface area (Å²) in [6.45, 7) is 0. The summed E-state index contributed by atoms with van der Waals surface area (Å²) in [5.74, 6) is 3.64. The van der Waals surface area contributed by atoms with Gasteiger partial charge in [0, 0.05) is 21.9 Å². The summed E-state index contributed by atoms with van der Waals surface area (Å²) in [7, 11) is 0. The lowest BCUT2D eigenvalue weighted by atomic mass is 9.85. The summed E-state index contributed by atoms with van der Waals surface area (Å²) < 4.78 is 13.0. The Balaban J connectivity index is 1.06. The van der Waals surface area contributed by atoms with Crippen LogP contribution in [-0.2, 0) is 0 Å². The van der Waals surface area contributed by atoms with Crippen LogP contribution in [-0.4, -0.2) is 0 Å². The van der Waals surface area contributed by atoms with Crippen LogP contribution in [0, 0.1) is 0 Å². The molecule has 10 aromatic carbocycles. The quantitative estimate of drug-likeness (QED) is 0.176. The molecular weight excluding hydrogens is 609 g/mol. The average molecular weight is 635 g/mol. The molecule has 0 aromatic heterocycles. The summed E-state index contributed by atoms with van der Waals surface area (Å²) in [4.78, 5) is 0. The normalized spacial score (nSPS) is 12.7. The maximum absolute atomic E-state index is 6.58. The minimum atomic E-state index is 0.899. The van der Waals surface area contributed by atoms with Crippen LogP contribution in [0.15, 0.2) is 158 Å². The van der Waals surface area contributed by atoms with Crippen LogP contribution >= 0.6 is 0 Å². The standard InChI is InChI=1S/C48H26O2/c1-2-11-41-34(8-1)40-25-24-33(36-10-5-13-43(49-41)48(36)40)32-20-15-29-16-22-38-31(19-14-28-17-23-39(32)47(29)46(28)38)30-18-21-35-37-9-3-6-27-7-4-12-42(45(27)37)50-44(35)26-30/h1-26H. The van der Waals surface area contributed by atoms with Crippen molar-refractivity contribution >= 4 is 53.9 Å². The van der Waals surface area contributed by atoms with Crippen molar-refractivity contribution < 1.29 is 9.47 Å². The van der Waals surface area contributed by atoms with E-state index in [0.717, 1.165) is 39.7 Å². The Bertz CT molecular complexity index is 3090. The summed E-state index contributed by atoms with van der Waals surface area (Å²) in [6, 6.07) is 57.1. The molecule has 0 saturated heterocycles. The third kappa shape index (κ3) is 3.42. The highest BCUT2D eigenvalue weighted by Crippen LogP contribution is 2.51. The maximum Gasteiger partial charge on any atom is 0.135 e. The van der Waals surface area contributed by atoms with Gasteiger partial charge in [-0.3, -0.25) is 0 Å². The summed E-state index contributed by atoms with van der Waals surface area (Å²) in [6.07, 6.45) is 0. The lowest BCUT2D eigenvalue weighted by Crippen LogP contribution is -1.98. The Hall–Kier alpha value is -6.64. The van der Waals surface area contributed by atoms with Gasteiger partial charge in [0.15, 0.2) is 0 Å². The van der Waals surface area contributed by atoms with Crippen molar-refractivity contribution in [1.82, 2.24) is 0 Å². The third-order valence-electron chi connectivity index (χ3n) is 11.0. The van der Waals surface area contributed by atoms with Crippen LogP contribution in [0.1, 0.15) is 0 Å². The topological polar surface area (TPSA) is 18.5 Å². The van der Waals surface area contributed by atoms with Crippen molar-refractivity contribution in [2.24, 2.45) is 0 Å². The van der Waals surface area contributed by atoms with Crippen LogP contribution in [0.4, 0.5) is 0 Å². The number of para-hydroxylation sites is 1. The van der Waals surface area contributed by atoms with Crippen molar-refractivity contribution in [3.63, 3.8) is 0 Å². The smallest absolute Gasteiger partial charge is 0.135 e. The van der Waals surface area contributed by atoms with Gasteiger partial charge in [-0.25, -0.2) is 0 Å². The second-order valence-electron chi connectivity index (χ2n) is 13.6. The molecule has 50 heavy (non-hydrogen) atoms. The van der Waals surface area contributed by atoms with Gasteiger partial charge in [-0.2, -0.15) is 0 Å². The van der Waals surface area contributed by atoms with E-state index in [4.69, 9.17) is 9.47 Å². The van der Waals surface area contributed by atoms with Crippen molar-refractivity contribution in [3.05, 3.63) is 158 Å². The number of rotatable bonds is 2. The van der Waals surface area contributed by atoms with Gasteiger partial charge in [0.2, 0.25) is 0 Å². The van der Waals surface area contributed by atoms with E-state index in [9.17, 15) is 0 Å². The molecule has 230 valence electrons. The van der Waals surface area contributed by atoms with Crippen LogP contribution in [0.2, 0.25) is 0 Å². The molecule has 0 N–H and O–H groups in total. The van der Waals surface area contributed by atoms with E-state index in [1.165, 1.54) is 81.7 Å². The molecule has 0 spiro atoms. The zero-order chi connectivity index (χ0) is 32.5. The molecule has 10 aromatic rings. The first kappa shape index (κ1) is 26.3. The van der Waals surface area contributed by atoms with Crippen molar-refractivity contribution in [2.75, 3.05) is 0 Å². The van der Waals surface area contributed by atoms with Gasteiger partial charge < -0.3 is 9.47 Å². The molecule has 0 bridgehead atoms. The monoisotopic (exact) mass is 634 g/mol. The van der Waals surface area contributed by atoms with Crippen LogP contribution in [0.25, 0.3) is 98.4 Å². The van der Waals surface area contributed by atoms with Crippen molar-refractivity contribution in [1.29, 1.82) is 0 Å². The van der Waals surface area contributed by atoms with Gasteiger partial charge in [-0.1, -0.05) is 127 Å². The van der Waals surface area contributed by atoms with E-state index >= 15 is 0 Å². The van der Waals surface area contributed by atoms with Gasteiger partial charge in [0.05, 0.1) is 0 Å². The predicted molar refractivity (Wildman–Crippen MR) is 207 cm³/mol. The molecule has 2 heterocycles. The summed E-state index contributed by atoms with van der Waals surface area (Å²) in [5.41, 5.74) is 9.52. The van der Waals surface area contributed by atoms with E-state index in [2.05, 4.69) is 152 Å². The van der Waals surface area contributed by atoms with E-state index < -0.39 is 0 Å². The molecule has 0 unspecified atom stereocenters. The minimum Gasteiger partial charge on any atom is -0.456 e. The van der Waals surface area contributed by atoms with Gasteiger partial charge in [-0.05, 0) is 107 Å². The van der Waals surface area contributed by atoms with Crippen molar-refractivity contribution in [2.45, 2.75) is 0 Å². The lowest BCUT2D eigenvalue weighted by molar-refractivity contribution is 0.487. The molecule has 0 amide bonds. The highest BCUT2D eigenvalue weighted by atomic mass is 16.5. The number of fused-ring (bicyclic) bond motifs is 4. The molecule has 12 rings (SSSR count). The maximum atomic E-state index is 6.58.